The van der Waals surface area contributed by atoms with Gasteiger partial charge >= 0.3 is 0 Å². The monoisotopic (exact) mass is 328 g/mol. The first-order chi connectivity index (χ1) is 11.5. The Morgan fingerprint density at radius 3 is 2.33 bits per heavy atom. The number of carbonyl (C=O) groups is 2. The van der Waals surface area contributed by atoms with Crippen LogP contribution in [0, 0.1) is 5.82 Å². The van der Waals surface area contributed by atoms with Gasteiger partial charge in [0, 0.05) is 19.0 Å². The molecule has 2 aromatic rings. The van der Waals surface area contributed by atoms with E-state index in [2.05, 4.69) is 5.32 Å². The highest BCUT2D eigenvalue weighted by atomic mass is 19.1. The van der Waals surface area contributed by atoms with E-state index in [1.165, 1.54) is 17.9 Å². The molecule has 0 fully saturated rings. The lowest BCUT2D eigenvalue weighted by molar-refractivity contribution is -0.135. The van der Waals surface area contributed by atoms with E-state index >= 15 is 0 Å². The smallest absolute Gasteiger partial charge is 0.240 e. The number of hydrogen-bond acceptors (Lipinski definition) is 2. The van der Waals surface area contributed by atoms with Crippen LogP contribution in [-0.2, 0) is 16.1 Å². The van der Waals surface area contributed by atoms with Gasteiger partial charge in [-0.15, -0.1) is 0 Å². The van der Waals surface area contributed by atoms with Gasteiger partial charge in [-0.2, -0.15) is 0 Å². The van der Waals surface area contributed by atoms with E-state index in [9.17, 15) is 14.0 Å². The molecule has 1 atom stereocenters. The third-order valence-electron chi connectivity index (χ3n) is 3.78. The quantitative estimate of drug-likeness (QED) is 0.886. The van der Waals surface area contributed by atoms with Crippen molar-refractivity contribution in [1.82, 2.24) is 10.2 Å². The van der Waals surface area contributed by atoms with Crippen LogP contribution in [0.1, 0.15) is 31.0 Å². The molecule has 4 nitrogen and oxygen atoms in total. The second-order valence-corrected chi connectivity index (χ2v) is 5.67. The van der Waals surface area contributed by atoms with Crippen LogP contribution in [0.15, 0.2) is 54.6 Å². The van der Waals surface area contributed by atoms with Crippen LogP contribution < -0.4 is 5.32 Å². The molecule has 2 aromatic carbocycles. The molecule has 0 spiro atoms. The maximum atomic E-state index is 13.7. The number of rotatable bonds is 6. The van der Waals surface area contributed by atoms with Crippen LogP contribution in [-0.4, -0.2) is 23.3 Å². The highest BCUT2D eigenvalue weighted by Gasteiger charge is 2.17. The fourth-order valence-electron chi connectivity index (χ4n) is 2.40. The second kappa shape index (κ2) is 8.24. The van der Waals surface area contributed by atoms with Gasteiger partial charge in [-0.05, 0) is 18.6 Å². The summed E-state index contributed by atoms with van der Waals surface area (Å²) in [5.74, 6) is -0.944. The van der Waals surface area contributed by atoms with Crippen molar-refractivity contribution in [2.75, 3.05) is 6.54 Å². The van der Waals surface area contributed by atoms with Crippen molar-refractivity contribution < 1.29 is 14.0 Å². The number of benzene rings is 2. The lowest BCUT2D eigenvalue weighted by Gasteiger charge is -2.22. The summed E-state index contributed by atoms with van der Waals surface area (Å²) in [5, 5.41) is 2.86. The molecule has 0 heterocycles. The molecule has 0 aromatic heterocycles. The van der Waals surface area contributed by atoms with Crippen molar-refractivity contribution in [2.24, 2.45) is 0 Å². The predicted molar refractivity (Wildman–Crippen MR) is 90.5 cm³/mol. The lowest BCUT2D eigenvalue weighted by Crippen LogP contribution is -2.40. The maximum absolute atomic E-state index is 13.7. The summed E-state index contributed by atoms with van der Waals surface area (Å²) in [6, 6.07) is 15.6. The minimum atomic E-state index is -0.387. The minimum absolute atomic E-state index is 0.0646. The standard InChI is InChI=1S/C19H21FN2O2/c1-14(16-8-4-3-5-9-16)21-19(24)13-22(15(2)23)12-17-10-6-7-11-18(17)20/h3-11,14H,12-13H2,1-2H3,(H,21,24). The Kier molecular flexibility index (Phi) is 6.07. The molecule has 0 aliphatic carbocycles. The van der Waals surface area contributed by atoms with Crippen LogP contribution in [0.3, 0.4) is 0 Å². The fraction of sp³-hybridized carbons (Fsp3) is 0.263. The van der Waals surface area contributed by atoms with Gasteiger partial charge in [0.2, 0.25) is 11.8 Å². The van der Waals surface area contributed by atoms with Crippen molar-refractivity contribution in [3.63, 3.8) is 0 Å². The van der Waals surface area contributed by atoms with E-state index in [0.717, 1.165) is 5.56 Å². The average Bonchev–Trinajstić information content (AvgIpc) is 2.56. The van der Waals surface area contributed by atoms with Crippen molar-refractivity contribution >= 4 is 11.8 Å². The number of hydrogen-bond donors (Lipinski definition) is 1. The van der Waals surface area contributed by atoms with Crippen molar-refractivity contribution in [3.05, 3.63) is 71.5 Å². The summed E-state index contributed by atoms with van der Waals surface area (Å²) >= 11 is 0. The zero-order valence-corrected chi connectivity index (χ0v) is 13.8. The molecule has 0 radical (unpaired) electrons. The third-order valence-corrected chi connectivity index (χ3v) is 3.78. The van der Waals surface area contributed by atoms with Crippen LogP contribution in [0.2, 0.25) is 0 Å². The molecule has 0 saturated carbocycles. The molecule has 0 bridgehead atoms. The molecule has 1 N–H and O–H groups in total. The highest BCUT2D eigenvalue weighted by Crippen LogP contribution is 2.12. The Morgan fingerprint density at radius 2 is 1.71 bits per heavy atom. The zero-order valence-electron chi connectivity index (χ0n) is 13.8. The summed E-state index contributed by atoms with van der Waals surface area (Å²) in [7, 11) is 0. The van der Waals surface area contributed by atoms with E-state index in [1.54, 1.807) is 18.2 Å². The largest absolute Gasteiger partial charge is 0.348 e. The van der Waals surface area contributed by atoms with Gasteiger partial charge in [0.25, 0.3) is 0 Å². The Bertz CT molecular complexity index is 704. The third kappa shape index (κ3) is 4.91. The normalized spacial score (nSPS) is 11.6. The number of amides is 2. The topological polar surface area (TPSA) is 49.4 Å². The van der Waals surface area contributed by atoms with Crippen molar-refractivity contribution in [1.29, 1.82) is 0 Å². The predicted octanol–water partition coefficient (Wildman–Crippen LogP) is 3.05. The maximum Gasteiger partial charge on any atom is 0.240 e. The van der Waals surface area contributed by atoms with Gasteiger partial charge in [-0.1, -0.05) is 48.5 Å². The Balaban J connectivity index is 1.99. The van der Waals surface area contributed by atoms with E-state index in [1.807, 2.05) is 37.3 Å². The zero-order chi connectivity index (χ0) is 17.5. The summed E-state index contributed by atoms with van der Waals surface area (Å²) in [6.45, 7) is 3.20. The Morgan fingerprint density at radius 1 is 1.08 bits per heavy atom. The fourth-order valence-corrected chi connectivity index (χ4v) is 2.40. The van der Waals surface area contributed by atoms with Gasteiger partial charge < -0.3 is 10.2 Å². The molecule has 2 rings (SSSR count). The molecule has 126 valence electrons. The van der Waals surface area contributed by atoms with Crippen molar-refractivity contribution in [2.45, 2.75) is 26.4 Å². The van der Waals surface area contributed by atoms with Gasteiger partial charge in [0.1, 0.15) is 5.82 Å². The first kappa shape index (κ1) is 17.7. The molecule has 2 amide bonds. The van der Waals surface area contributed by atoms with Gasteiger partial charge in [-0.3, -0.25) is 9.59 Å². The molecule has 0 aliphatic heterocycles. The molecule has 24 heavy (non-hydrogen) atoms. The number of nitrogens with zero attached hydrogens (tertiary/aromatic N) is 1. The average molecular weight is 328 g/mol. The van der Waals surface area contributed by atoms with E-state index < -0.39 is 0 Å². The molecular formula is C19H21FN2O2. The summed E-state index contributed by atoms with van der Waals surface area (Å²) in [6.07, 6.45) is 0. The molecule has 0 aliphatic rings. The van der Waals surface area contributed by atoms with Crippen molar-refractivity contribution in [3.8, 4) is 0 Å². The minimum Gasteiger partial charge on any atom is -0.348 e. The number of nitrogens with one attached hydrogen (secondary N) is 1. The molecule has 1 unspecified atom stereocenters. The van der Waals surface area contributed by atoms with Gasteiger partial charge in [0.05, 0.1) is 12.6 Å². The summed E-state index contributed by atoms with van der Waals surface area (Å²) in [4.78, 5) is 25.3. The Hall–Kier alpha value is -2.69. The number of carbonyl (C=O) groups excluding carboxylic acids is 2. The molecule has 0 saturated heterocycles. The summed E-state index contributed by atoms with van der Waals surface area (Å²) < 4.78 is 13.7. The van der Waals surface area contributed by atoms with E-state index in [-0.39, 0.29) is 36.8 Å². The van der Waals surface area contributed by atoms with Crippen LogP contribution in [0.25, 0.3) is 0 Å². The SMILES string of the molecule is CC(=O)N(CC(=O)NC(C)c1ccccc1)Cc1ccccc1F. The van der Waals surface area contributed by atoms with E-state index in [4.69, 9.17) is 0 Å². The first-order valence-electron chi connectivity index (χ1n) is 7.80. The van der Waals surface area contributed by atoms with Crippen LogP contribution in [0.5, 0.6) is 0 Å². The lowest BCUT2D eigenvalue weighted by atomic mass is 10.1. The van der Waals surface area contributed by atoms with Gasteiger partial charge in [-0.25, -0.2) is 4.39 Å². The summed E-state index contributed by atoms with van der Waals surface area (Å²) in [5.41, 5.74) is 1.37. The van der Waals surface area contributed by atoms with Crippen LogP contribution in [0.4, 0.5) is 4.39 Å². The first-order valence-corrected chi connectivity index (χ1v) is 7.80. The Labute approximate surface area is 141 Å². The van der Waals surface area contributed by atoms with Crippen LogP contribution >= 0.6 is 0 Å². The molecular weight excluding hydrogens is 307 g/mol. The highest BCUT2D eigenvalue weighted by molar-refractivity contribution is 5.84. The number of halogens is 1. The van der Waals surface area contributed by atoms with E-state index in [0.29, 0.717) is 5.56 Å². The van der Waals surface area contributed by atoms with Gasteiger partial charge in [0.15, 0.2) is 0 Å². The second-order valence-electron chi connectivity index (χ2n) is 5.67. The molecule has 5 heteroatoms.